The molecule has 3 fully saturated rings. The number of carbonyl (C=O) groups is 4. The van der Waals surface area contributed by atoms with Gasteiger partial charge in [0.1, 0.15) is 22.7 Å². The van der Waals surface area contributed by atoms with E-state index < -0.39 is 35.0 Å². The van der Waals surface area contributed by atoms with Gasteiger partial charge >= 0.3 is 11.9 Å². The maximum Gasteiger partial charge on any atom is 0.334 e. The zero-order valence-electron chi connectivity index (χ0n) is 18.0. The number of carbonyl (C=O) groups excluding carboxylic acids is 4. The summed E-state index contributed by atoms with van der Waals surface area (Å²) in [6, 6.07) is 0. The minimum atomic E-state index is -0.786. The minimum absolute atomic E-state index is 0.0308. The molecule has 0 aromatic carbocycles. The molecule has 10 heteroatoms. The maximum absolute atomic E-state index is 12.8. The van der Waals surface area contributed by atoms with E-state index in [0.29, 0.717) is 30.8 Å². The van der Waals surface area contributed by atoms with Crippen LogP contribution in [0, 0.1) is 23.7 Å². The van der Waals surface area contributed by atoms with Crippen molar-refractivity contribution in [3.63, 3.8) is 0 Å². The van der Waals surface area contributed by atoms with Crippen LogP contribution in [0.25, 0.3) is 0 Å². The van der Waals surface area contributed by atoms with E-state index in [1.165, 1.54) is 12.2 Å². The van der Waals surface area contributed by atoms with Crippen molar-refractivity contribution in [2.24, 2.45) is 23.7 Å². The Balaban J connectivity index is 1.36. The number of nitrogens with one attached hydrogen (secondary N) is 2. The van der Waals surface area contributed by atoms with Crippen molar-refractivity contribution in [2.75, 3.05) is 19.9 Å². The summed E-state index contributed by atoms with van der Waals surface area (Å²) in [5.41, 5.74) is -1.57. The lowest BCUT2D eigenvalue weighted by atomic mass is 9.59. The van der Waals surface area contributed by atoms with Gasteiger partial charge in [0.25, 0.3) is 0 Å². The molecule has 0 radical (unpaired) electrons. The van der Waals surface area contributed by atoms with Gasteiger partial charge in [0.05, 0.1) is 55.7 Å². The quantitative estimate of drug-likeness (QED) is 0.508. The molecule has 6 atom stereocenters. The number of esters is 2. The van der Waals surface area contributed by atoms with E-state index in [1.807, 2.05) is 0 Å². The molecule has 3 aliphatic heterocycles. The standard InChI is InChI=1S/C22H26N2O8/c1-21-8-11-17(21)13(6-15(25)31-21)29-4-3-5-30-14-7-16(26)32-22(2)9-12(18(14)22)20(28)24-10-23-19(11)27/h6-7,11-12,17-18H,3-5,8-10H2,1-2H3,(H,23,27)(H,24,28). The average molecular weight is 446 g/mol. The van der Waals surface area contributed by atoms with E-state index in [-0.39, 0.29) is 43.5 Å². The zero-order chi connectivity index (χ0) is 22.7. The highest BCUT2D eigenvalue weighted by Gasteiger charge is 2.62. The highest BCUT2D eigenvalue weighted by molar-refractivity contribution is 5.88. The Bertz CT molecular complexity index is 884. The van der Waals surface area contributed by atoms with Crippen molar-refractivity contribution in [1.29, 1.82) is 0 Å². The predicted molar refractivity (Wildman–Crippen MR) is 106 cm³/mol. The van der Waals surface area contributed by atoms with Gasteiger partial charge in [0, 0.05) is 19.3 Å². The molecule has 2 saturated carbocycles. The van der Waals surface area contributed by atoms with Crippen LogP contribution < -0.4 is 10.6 Å². The van der Waals surface area contributed by atoms with Crippen LogP contribution >= 0.6 is 0 Å². The zero-order valence-corrected chi connectivity index (χ0v) is 18.0. The third-order valence-electron chi connectivity index (χ3n) is 7.20. The molecule has 5 rings (SSSR count). The second-order valence-corrected chi connectivity index (χ2v) is 9.45. The topological polar surface area (TPSA) is 129 Å². The van der Waals surface area contributed by atoms with E-state index in [4.69, 9.17) is 18.9 Å². The van der Waals surface area contributed by atoms with E-state index in [2.05, 4.69) is 10.6 Å². The molecule has 3 heterocycles. The largest absolute Gasteiger partial charge is 0.497 e. The number of amides is 2. The molecule has 0 bridgehead atoms. The number of hydrogen-bond acceptors (Lipinski definition) is 8. The van der Waals surface area contributed by atoms with Crippen molar-refractivity contribution in [3.8, 4) is 0 Å². The van der Waals surface area contributed by atoms with Crippen LogP contribution in [0.3, 0.4) is 0 Å². The Hall–Kier alpha value is -3.04. The highest BCUT2D eigenvalue weighted by atomic mass is 16.6. The van der Waals surface area contributed by atoms with Crippen LogP contribution in [0.1, 0.15) is 33.1 Å². The predicted octanol–water partition coefficient (Wildman–Crippen LogP) is 0.284. The second kappa shape index (κ2) is 7.25. The molecule has 6 unspecified atom stereocenters. The van der Waals surface area contributed by atoms with Gasteiger partial charge in [-0.1, -0.05) is 0 Å². The monoisotopic (exact) mass is 446 g/mol. The molecule has 10 nitrogen and oxygen atoms in total. The molecule has 2 amide bonds. The summed E-state index contributed by atoms with van der Waals surface area (Å²) in [5.74, 6) is -2.18. The summed E-state index contributed by atoms with van der Waals surface area (Å²) in [5, 5.41) is 5.49. The van der Waals surface area contributed by atoms with Crippen molar-refractivity contribution in [3.05, 3.63) is 23.7 Å². The lowest BCUT2D eigenvalue weighted by Crippen LogP contribution is -2.63. The maximum atomic E-state index is 12.8. The molecule has 172 valence electrons. The Labute approximate surface area is 184 Å². The van der Waals surface area contributed by atoms with Crippen LogP contribution in [-0.4, -0.2) is 54.8 Å². The first-order valence-electron chi connectivity index (χ1n) is 10.9. The Morgan fingerprint density at radius 2 is 1.22 bits per heavy atom. The average Bonchev–Trinajstić information content (AvgIpc) is 2.67. The van der Waals surface area contributed by atoms with Gasteiger partial charge < -0.3 is 29.6 Å². The molecule has 0 aromatic heterocycles. The second-order valence-electron chi connectivity index (χ2n) is 9.45. The molecule has 2 N–H and O–H groups in total. The number of rotatable bonds is 0. The van der Waals surface area contributed by atoms with E-state index in [0.717, 1.165) is 0 Å². The highest BCUT2D eigenvalue weighted by Crippen LogP contribution is 2.54. The first-order valence-corrected chi connectivity index (χ1v) is 10.9. The fraction of sp³-hybridized carbons (Fsp3) is 0.636. The fourth-order valence-corrected chi connectivity index (χ4v) is 5.70. The Morgan fingerprint density at radius 1 is 0.781 bits per heavy atom. The summed E-state index contributed by atoms with van der Waals surface area (Å²) < 4.78 is 22.7. The van der Waals surface area contributed by atoms with Gasteiger partial charge in [-0.15, -0.1) is 0 Å². The lowest BCUT2D eigenvalue weighted by molar-refractivity contribution is -0.196. The van der Waals surface area contributed by atoms with Gasteiger partial charge in [-0.05, 0) is 13.8 Å². The van der Waals surface area contributed by atoms with Gasteiger partial charge in [-0.2, -0.15) is 0 Å². The number of hydrogen-bond donors (Lipinski definition) is 2. The van der Waals surface area contributed by atoms with Crippen LogP contribution in [-0.2, 0) is 38.1 Å². The normalized spacial score (nSPS) is 41.2. The van der Waals surface area contributed by atoms with E-state index in [9.17, 15) is 19.2 Å². The summed E-state index contributed by atoms with van der Waals surface area (Å²) in [4.78, 5) is 49.5. The molecule has 0 aromatic rings. The molecule has 5 aliphatic rings. The van der Waals surface area contributed by atoms with Crippen molar-refractivity contribution in [2.45, 2.75) is 44.3 Å². The van der Waals surface area contributed by atoms with Crippen molar-refractivity contribution < 1.29 is 38.1 Å². The van der Waals surface area contributed by atoms with Gasteiger partial charge in [0.2, 0.25) is 11.8 Å². The fourth-order valence-electron chi connectivity index (χ4n) is 5.70. The summed E-state index contributed by atoms with van der Waals surface area (Å²) >= 11 is 0. The smallest absolute Gasteiger partial charge is 0.334 e. The molecule has 0 spiro atoms. The lowest BCUT2D eigenvalue weighted by Gasteiger charge is -2.53. The molecular weight excluding hydrogens is 420 g/mol. The minimum Gasteiger partial charge on any atom is -0.497 e. The third-order valence-corrected chi connectivity index (χ3v) is 7.20. The Kier molecular flexibility index (Phi) is 4.72. The summed E-state index contributed by atoms with van der Waals surface area (Å²) in [6.45, 7) is 4.09. The van der Waals surface area contributed by atoms with Crippen molar-refractivity contribution in [1.82, 2.24) is 10.6 Å². The van der Waals surface area contributed by atoms with Gasteiger partial charge in [0.15, 0.2) is 0 Å². The first-order chi connectivity index (χ1) is 15.2. The summed E-state index contributed by atoms with van der Waals surface area (Å²) in [6.07, 6.45) is 3.84. The molecular formula is C22H26N2O8. The van der Waals surface area contributed by atoms with Gasteiger partial charge in [-0.25, -0.2) is 9.59 Å². The van der Waals surface area contributed by atoms with Crippen LogP contribution in [0.2, 0.25) is 0 Å². The van der Waals surface area contributed by atoms with E-state index >= 15 is 0 Å². The third kappa shape index (κ3) is 3.23. The van der Waals surface area contributed by atoms with Crippen LogP contribution in [0.4, 0.5) is 0 Å². The molecule has 32 heavy (non-hydrogen) atoms. The van der Waals surface area contributed by atoms with Crippen LogP contribution in [0.15, 0.2) is 23.7 Å². The van der Waals surface area contributed by atoms with Gasteiger partial charge in [-0.3, -0.25) is 9.59 Å². The molecule has 1 saturated heterocycles. The Morgan fingerprint density at radius 3 is 1.66 bits per heavy atom. The number of ether oxygens (including phenoxy) is 4. The SMILES string of the molecule is CC12CC3C(=O)NCNC(=O)C4CC5(C)OC(=O)C=C(OCCCOC(=CC(=O)O1)C32)C45. The first kappa shape index (κ1) is 20.8. The van der Waals surface area contributed by atoms with Crippen LogP contribution in [0.5, 0.6) is 0 Å². The molecule has 2 aliphatic carbocycles. The van der Waals surface area contributed by atoms with E-state index in [1.54, 1.807) is 13.8 Å². The van der Waals surface area contributed by atoms with Crippen molar-refractivity contribution >= 4 is 23.8 Å². The summed E-state index contributed by atoms with van der Waals surface area (Å²) in [7, 11) is 0.